The van der Waals surface area contributed by atoms with Crippen molar-refractivity contribution in [2.75, 3.05) is 0 Å². The molecule has 0 aliphatic heterocycles. The van der Waals surface area contributed by atoms with Crippen LogP contribution >= 0.6 is 0 Å². The normalized spacial score (nSPS) is 11.0. The number of fused-ring (bicyclic) bond motifs is 3. The van der Waals surface area contributed by atoms with Crippen LogP contribution in [-0.4, -0.2) is 31.2 Å². The number of benzene rings is 1. The molecule has 5 heteroatoms. The number of pyridine rings is 2. The Morgan fingerprint density at radius 3 is 2.57 bits per heavy atom. The zero-order valence-corrected chi connectivity index (χ0v) is 12.6. The largest absolute Gasteiger partial charge is 0.650 e. The highest BCUT2D eigenvalue weighted by Crippen LogP contribution is 2.34. The van der Waals surface area contributed by atoms with Gasteiger partial charge in [0.1, 0.15) is 5.52 Å². The molecule has 0 saturated carbocycles. The van der Waals surface area contributed by atoms with Gasteiger partial charge >= 0.3 is 16.6 Å². The van der Waals surface area contributed by atoms with Gasteiger partial charge in [-0.05, 0) is 30.3 Å². The first-order valence-corrected chi connectivity index (χ1v) is 7.19. The first kappa shape index (κ1) is 12.4. The monoisotopic (exact) mass is 288 g/mol. The van der Waals surface area contributed by atoms with E-state index in [2.05, 4.69) is 32.7 Å². The number of hydrogen-bond donors (Lipinski definition) is 0. The van der Waals surface area contributed by atoms with Gasteiger partial charge in [0.15, 0.2) is 5.65 Å². The Balaban J connectivity index is 2.23. The van der Waals surface area contributed by atoms with E-state index < -0.39 is 0 Å². The lowest BCUT2D eigenvalue weighted by molar-refractivity contribution is 0.623. The molecule has 1 radical (unpaired) electrons. The lowest BCUT2D eigenvalue weighted by Gasteiger charge is -2.07. The number of rotatable bonds is 2. The van der Waals surface area contributed by atoms with Gasteiger partial charge in [0.2, 0.25) is 0 Å². The van der Waals surface area contributed by atoms with Crippen LogP contribution in [0.15, 0.2) is 60.9 Å². The van der Waals surface area contributed by atoms with Gasteiger partial charge in [0.25, 0.3) is 0 Å². The second-order valence-electron chi connectivity index (χ2n) is 4.69. The maximum absolute atomic E-state index is 5.52. The summed E-state index contributed by atoms with van der Waals surface area (Å²) in [5.41, 5.74) is 3.86. The molecular weight excluding hydrogens is 277 g/mol. The van der Waals surface area contributed by atoms with E-state index >= 15 is 0 Å². The molecule has 0 unspecified atom stereocenters. The Labute approximate surface area is 129 Å². The van der Waals surface area contributed by atoms with Crippen LogP contribution < -0.4 is 3.79 Å². The van der Waals surface area contributed by atoms with Crippen LogP contribution in [0.3, 0.4) is 0 Å². The van der Waals surface area contributed by atoms with Crippen LogP contribution in [-0.2, 0) is 0 Å². The Hall–Kier alpha value is -2.35. The fraction of sp³-hybridized carbons (Fsp3) is 0. The zero-order chi connectivity index (χ0) is 14.2. The fourth-order valence-corrected chi connectivity index (χ4v) is 2.91. The summed E-state index contributed by atoms with van der Waals surface area (Å²) in [6.45, 7) is 0. The molecule has 1 aromatic carbocycles. The maximum atomic E-state index is 5.52. The summed E-state index contributed by atoms with van der Waals surface area (Å²) in [6.07, 6.45) is 3.57. The van der Waals surface area contributed by atoms with Crippen LogP contribution in [0.2, 0.25) is 0 Å². The molecule has 0 N–H and O–H groups in total. The highest BCUT2D eigenvalue weighted by atomic mass is 27.1. The highest BCUT2D eigenvalue weighted by molar-refractivity contribution is 6.10. The first-order valence-electron chi connectivity index (χ1n) is 6.62. The van der Waals surface area contributed by atoms with Crippen molar-refractivity contribution in [3.05, 3.63) is 60.9 Å². The average molecular weight is 288 g/mol. The molecule has 0 saturated heterocycles. The molecular formula is C16H11AlN3O. The SMILES string of the molecule is [AlH][O]c1ccnc2c1c1ncccc1n2-c1ccccc1. The summed E-state index contributed by atoms with van der Waals surface area (Å²) in [6, 6.07) is 16.0. The van der Waals surface area contributed by atoms with E-state index in [4.69, 9.17) is 3.79 Å². The van der Waals surface area contributed by atoms with Crippen molar-refractivity contribution >= 4 is 38.7 Å². The van der Waals surface area contributed by atoms with Crippen molar-refractivity contribution in [2.45, 2.75) is 0 Å². The summed E-state index contributed by atoms with van der Waals surface area (Å²) in [5, 5.41) is 0.951. The Morgan fingerprint density at radius 2 is 1.76 bits per heavy atom. The number of hydrogen-bond acceptors (Lipinski definition) is 3. The van der Waals surface area contributed by atoms with Gasteiger partial charge in [-0.2, -0.15) is 0 Å². The molecule has 0 atom stereocenters. The zero-order valence-electron chi connectivity index (χ0n) is 11.2. The quantitative estimate of drug-likeness (QED) is 0.532. The number of para-hydroxylation sites is 1. The number of aromatic nitrogens is 3. The second kappa shape index (κ2) is 4.89. The van der Waals surface area contributed by atoms with Gasteiger partial charge in [-0.15, -0.1) is 0 Å². The molecule has 0 amide bonds. The van der Waals surface area contributed by atoms with E-state index in [1.54, 1.807) is 12.4 Å². The smallest absolute Gasteiger partial charge is 0.494 e. The Bertz CT molecular complexity index is 934. The lowest BCUT2D eigenvalue weighted by atomic mass is 10.2. The van der Waals surface area contributed by atoms with Crippen molar-refractivity contribution in [3.63, 3.8) is 0 Å². The fourth-order valence-electron chi connectivity index (χ4n) is 2.67. The van der Waals surface area contributed by atoms with E-state index in [-0.39, 0.29) is 0 Å². The van der Waals surface area contributed by atoms with E-state index in [0.717, 1.165) is 33.5 Å². The molecule has 3 aromatic heterocycles. The molecule has 0 bridgehead atoms. The van der Waals surface area contributed by atoms with E-state index in [9.17, 15) is 0 Å². The van der Waals surface area contributed by atoms with Crippen LogP contribution in [0.1, 0.15) is 0 Å². The van der Waals surface area contributed by atoms with Gasteiger partial charge < -0.3 is 3.79 Å². The molecule has 4 rings (SSSR count). The Kier molecular flexibility index (Phi) is 2.88. The number of nitrogens with zero attached hydrogens (tertiary/aromatic N) is 3. The molecule has 21 heavy (non-hydrogen) atoms. The third kappa shape index (κ3) is 1.83. The van der Waals surface area contributed by atoms with Crippen molar-refractivity contribution in [1.82, 2.24) is 14.5 Å². The predicted octanol–water partition coefficient (Wildman–Crippen LogP) is 2.77. The minimum absolute atomic E-state index is 0.803. The minimum atomic E-state index is 0.803. The topological polar surface area (TPSA) is 39.9 Å². The lowest BCUT2D eigenvalue weighted by Crippen LogP contribution is -1.95. The van der Waals surface area contributed by atoms with E-state index in [1.807, 2.05) is 30.3 Å². The van der Waals surface area contributed by atoms with Gasteiger partial charge in [0.05, 0.1) is 16.7 Å². The molecule has 4 aromatic rings. The predicted molar refractivity (Wildman–Crippen MR) is 84.1 cm³/mol. The van der Waals surface area contributed by atoms with Gasteiger partial charge in [0, 0.05) is 18.1 Å². The van der Waals surface area contributed by atoms with Crippen LogP contribution in [0.25, 0.3) is 27.8 Å². The summed E-state index contributed by atoms with van der Waals surface area (Å²) >= 11 is 1.46. The van der Waals surface area contributed by atoms with Crippen molar-refractivity contribution in [2.24, 2.45) is 0 Å². The molecule has 0 spiro atoms. The molecule has 99 valence electrons. The van der Waals surface area contributed by atoms with Crippen molar-refractivity contribution in [1.29, 1.82) is 0 Å². The van der Waals surface area contributed by atoms with Crippen LogP contribution in [0.4, 0.5) is 0 Å². The average Bonchev–Trinajstić information content (AvgIpc) is 2.90. The third-order valence-electron chi connectivity index (χ3n) is 3.54. The summed E-state index contributed by atoms with van der Waals surface area (Å²) in [4.78, 5) is 9.08. The van der Waals surface area contributed by atoms with Gasteiger partial charge in [-0.3, -0.25) is 9.55 Å². The summed E-state index contributed by atoms with van der Waals surface area (Å²) in [5.74, 6) is 0.803. The second-order valence-corrected chi connectivity index (χ2v) is 4.98. The third-order valence-corrected chi connectivity index (χ3v) is 3.85. The molecule has 0 fully saturated rings. The van der Waals surface area contributed by atoms with Gasteiger partial charge in [-0.25, -0.2) is 4.98 Å². The highest BCUT2D eigenvalue weighted by Gasteiger charge is 2.16. The molecule has 3 heterocycles. The minimum Gasteiger partial charge on any atom is -0.650 e. The van der Waals surface area contributed by atoms with E-state index in [0.29, 0.717) is 0 Å². The van der Waals surface area contributed by atoms with Crippen LogP contribution in [0, 0.1) is 0 Å². The van der Waals surface area contributed by atoms with Crippen LogP contribution in [0.5, 0.6) is 5.75 Å². The van der Waals surface area contributed by atoms with Crippen molar-refractivity contribution < 1.29 is 3.79 Å². The van der Waals surface area contributed by atoms with E-state index in [1.165, 1.54) is 16.6 Å². The van der Waals surface area contributed by atoms with Gasteiger partial charge in [-0.1, -0.05) is 18.2 Å². The summed E-state index contributed by atoms with van der Waals surface area (Å²) < 4.78 is 7.63. The molecule has 0 aliphatic carbocycles. The summed E-state index contributed by atoms with van der Waals surface area (Å²) in [7, 11) is 0. The molecule has 0 aliphatic rings. The Morgan fingerprint density at radius 1 is 0.905 bits per heavy atom. The maximum Gasteiger partial charge on any atom is 0.494 e. The first-order chi connectivity index (χ1) is 10.4. The standard InChI is InChI=1S/C16H11N3O.Al.H/c20-13-8-10-18-16-14(13)15-12(7-4-9-17-15)19(16)11-5-2-1-3-6-11;;/h1-10H,(H,18,20);;/q;+1;/p-1. The van der Waals surface area contributed by atoms with Crippen molar-refractivity contribution in [3.8, 4) is 11.4 Å². The molecule has 4 nitrogen and oxygen atoms in total.